The Balaban J connectivity index is 2.10. The minimum atomic E-state index is -0.895. The lowest BCUT2D eigenvalue weighted by Crippen LogP contribution is -2.30. The molecule has 0 atom stereocenters. The molecule has 2 rings (SSSR count). The molecule has 1 aromatic heterocycles. The fourth-order valence-corrected chi connectivity index (χ4v) is 2.27. The molecule has 0 aliphatic heterocycles. The van der Waals surface area contributed by atoms with Gasteiger partial charge in [0.25, 0.3) is 5.91 Å². The molecule has 1 amide bonds. The Morgan fingerprint density at radius 1 is 1.56 bits per heavy atom. The van der Waals surface area contributed by atoms with Crippen molar-refractivity contribution in [3.05, 3.63) is 22.4 Å². The van der Waals surface area contributed by atoms with Gasteiger partial charge in [-0.1, -0.05) is 0 Å². The fraction of sp³-hybridized carbons (Fsp3) is 0.500. The number of rotatable bonds is 5. The number of carboxylic acids is 1. The van der Waals surface area contributed by atoms with Gasteiger partial charge in [0.15, 0.2) is 0 Å². The standard InChI is InChI=1S/C12H15BrN2O3/c1-14(5-4-11(16)17)12(18)10-6-8(13)7-15(10)9-2-3-9/h6-7,9H,2-5H2,1H3,(H,16,17). The molecule has 0 radical (unpaired) electrons. The van der Waals surface area contributed by atoms with Gasteiger partial charge in [0.05, 0.1) is 6.42 Å². The first kappa shape index (κ1) is 13.1. The second kappa shape index (κ2) is 5.14. The molecule has 1 heterocycles. The van der Waals surface area contributed by atoms with Crippen molar-refractivity contribution in [3.63, 3.8) is 0 Å². The molecule has 1 saturated carbocycles. The van der Waals surface area contributed by atoms with Gasteiger partial charge in [-0.2, -0.15) is 0 Å². The molecule has 98 valence electrons. The lowest BCUT2D eigenvalue weighted by molar-refractivity contribution is -0.137. The topological polar surface area (TPSA) is 62.5 Å². The maximum Gasteiger partial charge on any atom is 0.305 e. The predicted octanol–water partition coefficient (Wildman–Crippen LogP) is 2.13. The Morgan fingerprint density at radius 3 is 2.78 bits per heavy atom. The first-order valence-corrected chi connectivity index (χ1v) is 6.63. The smallest absolute Gasteiger partial charge is 0.305 e. The second-order valence-corrected chi connectivity index (χ2v) is 5.47. The first-order valence-electron chi connectivity index (χ1n) is 5.83. The van der Waals surface area contributed by atoms with Crippen LogP contribution in [0.3, 0.4) is 0 Å². The largest absolute Gasteiger partial charge is 0.481 e. The summed E-state index contributed by atoms with van der Waals surface area (Å²) in [5, 5.41) is 8.62. The predicted molar refractivity (Wildman–Crippen MR) is 69.6 cm³/mol. The number of amides is 1. The van der Waals surface area contributed by atoms with Crippen LogP contribution in [0.2, 0.25) is 0 Å². The van der Waals surface area contributed by atoms with Crippen LogP contribution in [0, 0.1) is 0 Å². The van der Waals surface area contributed by atoms with Crippen molar-refractivity contribution in [2.45, 2.75) is 25.3 Å². The van der Waals surface area contributed by atoms with E-state index in [4.69, 9.17) is 5.11 Å². The van der Waals surface area contributed by atoms with Crippen molar-refractivity contribution in [2.24, 2.45) is 0 Å². The number of carbonyl (C=O) groups is 2. The number of halogens is 1. The van der Waals surface area contributed by atoms with Crippen molar-refractivity contribution < 1.29 is 14.7 Å². The van der Waals surface area contributed by atoms with Crippen LogP contribution >= 0.6 is 15.9 Å². The molecule has 5 nitrogen and oxygen atoms in total. The normalized spacial score (nSPS) is 14.6. The van der Waals surface area contributed by atoms with Crippen LogP contribution in [0.15, 0.2) is 16.7 Å². The zero-order valence-electron chi connectivity index (χ0n) is 10.1. The third-order valence-corrected chi connectivity index (χ3v) is 3.42. The van der Waals surface area contributed by atoms with Gasteiger partial charge < -0.3 is 14.6 Å². The third kappa shape index (κ3) is 2.93. The number of nitrogens with zero attached hydrogens (tertiary/aromatic N) is 2. The van der Waals surface area contributed by atoms with Gasteiger partial charge in [-0.15, -0.1) is 0 Å². The van der Waals surface area contributed by atoms with Gasteiger partial charge in [0.1, 0.15) is 5.69 Å². The molecule has 1 aliphatic carbocycles. The molecular weight excluding hydrogens is 300 g/mol. The van der Waals surface area contributed by atoms with Crippen LogP contribution in [0.1, 0.15) is 35.8 Å². The van der Waals surface area contributed by atoms with E-state index in [1.807, 2.05) is 10.8 Å². The maximum atomic E-state index is 12.2. The quantitative estimate of drug-likeness (QED) is 0.905. The molecule has 6 heteroatoms. The van der Waals surface area contributed by atoms with Crippen molar-refractivity contribution in [1.29, 1.82) is 0 Å². The van der Waals surface area contributed by atoms with Crippen molar-refractivity contribution in [1.82, 2.24) is 9.47 Å². The van der Waals surface area contributed by atoms with E-state index in [1.165, 1.54) is 4.90 Å². The van der Waals surface area contributed by atoms with Gasteiger partial charge in [0, 0.05) is 30.3 Å². The Morgan fingerprint density at radius 2 is 2.22 bits per heavy atom. The molecule has 1 aliphatic rings. The van der Waals surface area contributed by atoms with E-state index in [-0.39, 0.29) is 18.9 Å². The SMILES string of the molecule is CN(CCC(=O)O)C(=O)c1cc(Br)cn1C1CC1. The summed E-state index contributed by atoms with van der Waals surface area (Å²) < 4.78 is 2.85. The summed E-state index contributed by atoms with van der Waals surface area (Å²) in [6.07, 6.45) is 4.07. The number of hydrogen-bond acceptors (Lipinski definition) is 2. The van der Waals surface area contributed by atoms with Crippen LogP contribution in [0.4, 0.5) is 0 Å². The molecule has 0 saturated heterocycles. The first-order chi connectivity index (χ1) is 8.49. The molecule has 18 heavy (non-hydrogen) atoms. The van der Waals surface area contributed by atoms with E-state index >= 15 is 0 Å². The highest BCUT2D eigenvalue weighted by molar-refractivity contribution is 9.10. The Hall–Kier alpha value is -1.30. The molecule has 1 fully saturated rings. The van der Waals surface area contributed by atoms with E-state index in [0.717, 1.165) is 17.3 Å². The molecule has 1 aromatic rings. The molecule has 0 unspecified atom stereocenters. The van der Waals surface area contributed by atoms with Crippen LogP contribution < -0.4 is 0 Å². The summed E-state index contributed by atoms with van der Waals surface area (Å²) in [6, 6.07) is 2.21. The number of aliphatic carboxylic acids is 1. The van der Waals surface area contributed by atoms with Crippen LogP contribution in [-0.2, 0) is 4.79 Å². The van der Waals surface area contributed by atoms with E-state index in [1.54, 1.807) is 13.1 Å². The second-order valence-electron chi connectivity index (χ2n) is 4.55. The summed E-state index contributed by atoms with van der Waals surface area (Å²) in [7, 11) is 1.63. The molecule has 1 N–H and O–H groups in total. The maximum absolute atomic E-state index is 12.2. The molecule has 0 aromatic carbocycles. The summed E-state index contributed by atoms with van der Waals surface area (Å²) in [5.41, 5.74) is 0.622. The van der Waals surface area contributed by atoms with Gasteiger partial charge >= 0.3 is 5.97 Å². The number of carboxylic acid groups (broad SMARTS) is 1. The Bertz CT molecular complexity index is 480. The Kier molecular flexibility index (Phi) is 3.75. The van der Waals surface area contributed by atoms with Gasteiger partial charge in [0.2, 0.25) is 0 Å². The number of hydrogen-bond donors (Lipinski definition) is 1. The van der Waals surface area contributed by atoms with Gasteiger partial charge in [-0.25, -0.2) is 0 Å². The van der Waals surface area contributed by atoms with E-state index in [9.17, 15) is 9.59 Å². The third-order valence-electron chi connectivity index (χ3n) is 2.98. The summed E-state index contributed by atoms with van der Waals surface area (Å²) in [6.45, 7) is 0.224. The lowest BCUT2D eigenvalue weighted by Gasteiger charge is -2.17. The molecule has 0 bridgehead atoms. The van der Waals surface area contributed by atoms with E-state index in [0.29, 0.717) is 11.7 Å². The number of carbonyl (C=O) groups excluding carboxylic acids is 1. The van der Waals surface area contributed by atoms with Crippen LogP contribution in [0.25, 0.3) is 0 Å². The number of aromatic nitrogens is 1. The highest BCUT2D eigenvalue weighted by Crippen LogP contribution is 2.37. The fourth-order valence-electron chi connectivity index (χ4n) is 1.83. The molecular formula is C12H15BrN2O3. The monoisotopic (exact) mass is 314 g/mol. The average molecular weight is 315 g/mol. The van der Waals surface area contributed by atoms with Crippen molar-refractivity contribution in [2.75, 3.05) is 13.6 Å². The average Bonchev–Trinajstić information content (AvgIpc) is 3.08. The van der Waals surface area contributed by atoms with Crippen LogP contribution in [-0.4, -0.2) is 40.0 Å². The van der Waals surface area contributed by atoms with Crippen molar-refractivity contribution in [3.8, 4) is 0 Å². The lowest BCUT2D eigenvalue weighted by atomic mass is 10.3. The van der Waals surface area contributed by atoms with E-state index in [2.05, 4.69) is 15.9 Å². The summed E-state index contributed by atoms with van der Waals surface area (Å²) in [5.74, 6) is -1.03. The minimum absolute atomic E-state index is 0.0342. The minimum Gasteiger partial charge on any atom is -0.481 e. The molecule has 0 spiro atoms. The highest BCUT2D eigenvalue weighted by Gasteiger charge is 2.28. The summed E-state index contributed by atoms with van der Waals surface area (Å²) in [4.78, 5) is 24.2. The van der Waals surface area contributed by atoms with Crippen LogP contribution in [0.5, 0.6) is 0 Å². The zero-order chi connectivity index (χ0) is 13.3. The van der Waals surface area contributed by atoms with Gasteiger partial charge in [-0.05, 0) is 34.8 Å². The summed E-state index contributed by atoms with van der Waals surface area (Å²) >= 11 is 3.37. The van der Waals surface area contributed by atoms with E-state index < -0.39 is 5.97 Å². The zero-order valence-corrected chi connectivity index (χ0v) is 11.7. The van der Waals surface area contributed by atoms with Gasteiger partial charge in [-0.3, -0.25) is 9.59 Å². The highest BCUT2D eigenvalue weighted by atomic mass is 79.9. The Labute approximate surface area is 114 Å². The van der Waals surface area contributed by atoms with Crippen molar-refractivity contribution >= 4 is 27.8 Å².